The predicted octanol–water partition coefficient (Wildman–Crippen LogP) is 4.43. The summed E-state index contributed by atoms with van der Waals surface area (Å²) in [5, 5.41) is 7.80. The second kappa shape index (κ2) is 7.44. The van der Waals surface area contributed by atoms with E-state index >= 15 is 0 Å². The number of halogens is 1. The van der Waals surface area contributed by atoms with Crippen molar-refractivity contribution < 1.29 is 9.13 Å². The molecule has 0 radical (unpaired) electrons. The Kier molecular flexibility index (Phi) is 5.09. The molecule has 3 aromatic rings. The number of ether oxygens (including phenoxy) is 1. The van der Waals surface area contributed by atoms with Gasteiger partial charge in [0.15, 0.2) is 5.11 Å². The minimum atomic E-state index is -0.256. The first-order valence-electron chi connectivity index (χ1n) is 7.83. The first kappa shape index (κ1) is 17.1. The molecule has 1 aromatic heterocycles. The number of nitrogens with one attached hydrogen (secondary N) is 2. The summed E-state index contributed by atoms with van der Waals surface area (Å²) in [6.45, 7) is 1.97. The maximum atomic E-state index is 13.0. The number of rotatable bonds is 4. The summed E-state index contributed by atoms with van der Waals surface area (Å²) < 4.78 is 18.4. The van der Waals surface area contributed by atoms with Crippen molar-refractivity contribution in [1.82, 2.24) is 10.3 Å². The summed E-state index contributed by atoms with van der Waals surface area (Å²) in [7, 11) is 1.62. The van der Waals surface area contributed by atoms with Crippen LogP contribution in [0.4, 0.5) is 10.1 Å². The van der Waals surface area contributed by atoms with Crippen LogP contribution in [0.25, 0.3) is 10.9 Å². The molecule has 0 fully saturated rings. The number of anilines is 1. The van der Waals surface area contributed by atoms with E-state index < -0.39 is 0 Å². The lowest BCUT2D eigenvalue weighted by Crippen LogP contribution is -2.31. The molecule has 0 saturated carbocycles. The molecule has 0 aliphatic heterocycles. The second-order valence-corrected chi connectivity index (χ2v) is 5.99. The third-order valence-electron chi connectivity index (χ3n) is 3.92. The molecular formula is C19H18FN3OS. The zero-order chi connectivity index (χ0) is 17.8. The van der Waals surface area contributed by atoms with E-state index in [4.69, 9.17) is 17.0 Å². The number of benzene rings is 2. The number of aromatic nitrogens is 1. The number of methoxy groups -OCH3 is 1. The molecule has 6 heteroatoms. The Bertz CT molecular complexity index is 899. The Morgan fingerprint density at radius 2 is 1.92 bits per heavy atom. The number of nitrogens with zero attached hydrogens (tertiary/aromatic N) is 1. The SMILES string of the molecule is COc1ccc(NC(=S)N[C@H](C)c2ccc(F)cc2)c2cccnc12. The lowest BCUT2D eigenvalue weighted by Gasteiger charge is -2.18. The Morgan fingerprint density at radius 3 is 2.64 bits per heavy atom. The topological polar surface area (TPSA) is 46.2 Å². The molecule has 4 nitrogen and oxygen atoms in total. The molecule has 1 atom stereocenters. The minimum absolute atomic E-state index is 0.0526. The third-order valence-corrected chi connectivity index (χ3v) is 4.14. The monoisotopic (exact) mass is 355 g/mol. The summed E-state index contributed by atoms with van der Waals surface area (Å²) in [6, 6.07) is 13.9. The fourth-order valence-corrected chi connectivity index (χ4v) is 2.90. The van der Waals surface area contributed by atoms with Crippen LogP contribution in [0.2, 0.25) is 0 Å². The number of pyridine rings is 1. The smallest absolute Gasteiger partial charge is 0.171 e. The van der Waals surface area contributed by atoms with Crippen molar-refractivity contribution in [2.24, 2.45) is 0 Å². The van der Waals surface area contributed by atoms with Gasteiger partial charge in [-0.1, -0.05) is 12.1 Å². The maximum absolute atomic E-state index is 13.0. The molecule has 128 valence electrons. The summed E-state index contributed by atoms with van der Waals surface area (Å²) >= 11 is 5.41. The number of hydrogen-bond donors (Lipinski definition) is 2. The molecule has 3 rings (SSSR count). The predicted molar refractivity (Wildman–Crippen MR) is 102 cm³/mol. The van der Waals surface area contributed by atoms with E-state index in [-0.39, 0.29) is 11.9 Å². The lowest BCUT2D eigenvalue weighted by atomic mass is 10.1. The first-order chi connectivity index (χ1) is 12.1. The average Bonchev–Trinajstić information content (AvgIpc) is 2.62. The van der Waals surface area contributed by atoms with Gasteiger partial charge in [-0.3, -0.25) is 4.98 Å². The Morgan fingerprint density at radius 1 is 1.16 bits per heavy atom. The summed E-state index contributed by atoms with van der Waals surface area (Å²) in [5.74, 6) is 0.452. The van der Waals surface area contributed by atoms with Crippen LogP contribution in [-0.4, -0.2) is 17.2 Å². The van der Waals surface area contributed by atoms with Gasteiger partial charge >= 0.3 is 0 Å². The molecule has 0 aliphatic carbocycles. The molecule has 2 N–H and O–H groups in total. The molecule has 0 spiro atoms. The highest BCUT2D eigenvalue weighted by Gasteiger charge is 2.11. The van der Waals surface area contributed by atoms with E-state index in [1.165, 1.54) is 12.1 Å². The molecule has 25 heavy (non-hydrogen) atoms. The molecular weight excluding hydrogens is 337 g/mol. The largest absolute Gasteiger partial charge is 0.494 e. The summed E-state index contributed by atoms with van der Waals surface area (Å²) in [4.78, 5) is 4.37. The van der Waals surface area contributed by atoms with Crippen LogP contribution >= 0.6 is 12.2 Å². The van der Waals surface area contributed by atoms with Crippen LogP contribution in [0.5, 0.6) is 5.75 Å². The fraction of sp³-hybridized carbons (Fsp3) is 0.158. The zero-order valence-electron chi connectivity index (χ0n) is 13.9. The molecule has 1 heterocycles. The zero-order valence-corrected chi connectivity index (χ0v) is 14.7. The van der Waals surface area contributed by atoms with Crippen molar-refractivity contribution in [3.63, 3.8) is 0 Å². The number of fused-ring (bicyclic) bond motifs is 1. The van der Waals surface area contributed by atoms with Crippen molar-refractivity contribution in [2.75, 3.05) is 12.4 Å². The standard InChI is InChI=1S/C19H18FN3OS/c1-12(13-5-7-14(20)8-6-13)22-19(25)23-16-9-10-17(24-2)18-15(16)4-3-11-21-18/h3-12H,1-2H3,(H2,22,23,25)/t12-/m1/s1. The Hall–Kier alpha value is -2.73. The normalized spacial score (nSPS) is 11.8. The van der Waals surface area contributed by atoms with E-state index in [0.29, 0.717) is 10.9 Å². The van der Waals surface area contributed by atoms with Gasteiger partial charge < -0.3 is 15.4 Å². The lowest BCUT2D eigenvalue weighted by molar-refractivity contribution is 0.419. The van der Waals surface area contributed by atoms with Crippen LogP contribution in [0.3, 0.4) is 0 Å². The van der Waals surface area contributed by atoms with E-state index in [9.17, 15) is 4.39 Å². The molecule has 0 aliphatic rings. The van der Waals surface area contributed by atoms with Crippen molar-refractivity contribution in [2.45, 2.75) is 13.0 Å². The average molecular weight is 355 g/mol. The van der Waals surface area contributed by atoms with E-state index in [2.05, 4.69) is 15.6 Å². The van der Waals surface area contributed by atoms with E-state index in [1.54, 1.807) is 25.4 Å². The number of thiocarbonyl (C=S) groups is 1. The summed E-state index contributed by atoms with van der Waals surface area (Å²) in [5.41, 5.74) is 2.56. The second-order valence-electron chi connectivity index (χ2n) is 5.59. The Balaban J connectivity index is 1.77. The van der Waals surface area contributed by atoms with Crippen molar-refractivity contribution in [3.8, 4) is 5.75 Å². The van der Waals surface area contributed by atoms with E-state index in [0.717, 1.165) is 22.2 Å². The highest BCUT2D eigenvalue weighted by molar-refractivity contribution is 7.80. The summed E-state index contributed by atoms with van der Waals surface area (Å²) in [6.07, 6.45) is 1.72. The highest BCUT2D eigenvalue weighted by atomic mass is 32.1. The van der Waals surface area contributed by atoms with Gasteiger partial charge in [-0.2, -0.15) is 0 Å². The van der Waals surface area contributed by atoms with Gasteiger partial charge in [-0.05, 0) is 61.1 Å². The fourth-order valence-electron chi connectivity index (χ4n) is 2.61. The van der Waals surface area contributed by atoms with Crippen LogP contribution in [0.1, 0.15) is 18.5 Å². The van der Waals surface area contributed by atoms with Gasteiger partial charge in [0, 0.05) is 17.3 Å². The third kappa shape index (κ3) is 3.85. The molecule has 0 amide bonds. The van der Waals surface area contributed by atoms with Crippen LogP contribution in [-0.2, 0) is 0 Å². The van der Waals surface area contributed by atoms with Gasteiger partial charge in [0.2, 0.25) is 0 Å². The van der Waals surface area contributed by atoms with Gasteiger partial charge in [-0.25, -0.2) is 4.39 Å². The van der Waals surface area contributed by atoms with Crippen LogP contribution < -0.4 is 15.4 Å². The van der Waals surface area contributed by atoms with Gasteiger partial charge in [0.1, 0.15) is 17.1 Å². The maximum Gasteiger partial charge on any atom is 0.171 e. The number of hydrogen-bond acceptors (Lipinski definition) is 3. The minimum Gasteiger partial charge on any atom is -0.494 e. The highest BCUT2D eigenvalue weighted by Crippen LogP contribution is 2.29. The molecule has 2 aromatic carbocycles. The molecule has 0 bridgehead atoms. The van der Waals surface area contributed by atoms with Gasteiger partial charge in [0.25, 0.3) is 0 Å². The van der Waals surface area contributed by atoms with Crippen LogP contribution in [0, 0.1) is 5.82 Å². The van der Waals surface area contributed by atoms with Gasteiger partial charge in [0.05, 0.1) is 13.2 Å². The van der Waals surface area contributed by atoms with E-state index in [1.807, 2.05) is 31.2 Å². The first-order valence-corrected chi connectivity index (χ1v) is 8.24. The van der Waals surface area contributed by atoms with Crippen LogP contribution in [0.15, 0.2) is 54.7 Å². The Labute approximate surface area is 151 Å². The van der Waals surface area contributed by atoms with Crippen molar-refractivity contribution >= 4 is 33.9 Å². The van der Waals surface area contributed by atoms with Crippen molar-refractivity contribution in [1.29, 1.82) is 0 Å². The molecule has 0 unspecified atom stereocenters. The van der Waals surface area contributed by atoms with Gasteiger partial charge in [-0.15, -0.1) is 0 Å². The molecule has 0 saturated heterocycles. The quantitative estimate of drug-likeness (QED) is 0.678. The van der Waals surface area contributed by atoms with Crippen molar-refractivity contribution in [3.05, 3.63) is 66.1 Å².